The second-order valence-corrected chi connectivity index (χ2v) is 4.91. The van der Waals surface area contributed by atoms with Crippen molar-refractivity contribution in [3.05, 3.63) is 36.0 Å². The van der Waals surface area contributed by atoms with E-state index in [1.165, 1.54) is 0 Å². The fourth-order valence-electron chi connectivity index (χ4n) is 2.28. The van der Waals surface area contributed by atoms with Crippen LogP contribution < -0.4 is 10.6 Å². The van der Waals surface area contributed by atoms with Gasteiger partial charge >= 0.3 is 0 Å². The molecule has 0 aliphatic rings. The monoisotopic (exact) mass is 289 g/mol. The molecule has 5 heteroatoms. The SMILES string of the molecule is CCN(CCOC)c1c(C(N)=S)cnc2ccccc12. The summed E-state index contributed by atoms with van der Waals surface area (Å²) in [4.78, 5) is 7.03. The molecule has 2 rings (SSSR count). The minimum absolute atomic E-state index is 0.370. The lowest BCUT2D eigenvalue weighted by Gasteiger charge is -2.26. The molecule has 0 unspecified atom stereocenters. The first-order chi connectivity index (χ1) is 9.69. The van der Waals surface area contributed by atoms with E-state index in [2.05, 4.69) is 22.9 Å². The summed E-state index contributed by atoms with van der Waals surface area (Å²) in [6.45, 7) is 4.40. The highest BCUT2D eigenvalue weighted by molar-refractivity contribution is 7.80. The quantitative estimate of drug-likeness (QED) is 0.827. The van der Waals surface area contributed by atoms with E-state index in [9.17, 15) is 0 Å². The number of fused-ring (bicyclic) bond motifs is 1. The number of nitrogens with two attached hydrogens (primary N) is 1. The normalized spacial score (nSPS) is 10.7. The van der Waals surface area contributed by atoms with Crippen LogP contribution in [0.1, 0.15) is 12.5 Å². The highest BCUT2D eigenvalue weighted by Gasteiger charge is 2.16. The van der Waals surface area contributed by atoms with Crippen molar-refractivity contribution in [2.75, 3.05) is 31.7 Å². The maximum Gasteiger partial charge on any atom is 0.107 e. The largest absolute Gasteiger partial charge is 0.389 e. The van der Waals surface area contributed by atoms with Gasteiger partial charge in [-0.1, -0.05) is 30.4 Å². The molecule has 0 spiro atoms. The molecule has 2 aromatic rings. The molecule has 1 heterocycles. The van der Waals surface area contributed by atoms with Crippen molar-refractivity contribution in [3.8, 4) is 0 Å². The van der Waals surface area contributed by atoms with E-state index >= 15 is 0 Å². The summed E-state index contributed by atoms with van der Waals surface area (Å²) in [7, 11) is 1.70. The average molecular weight is 289 g/mol. The third-order valence-electron chi connectivity index (χ3n) is 3.28. The average Bonchev–Trinajstić information content (AvgIpc) is 2.47. The lowest BCUT2D eigenvalue weighted by Crippen LogP contribution is -2.29. The van der Waals surface area contributed by atoms with E-state index in [0.29, 0.717) is 11.6 Å². The number of aromatic nitrogens is 1. The van der Waals surface area contributed by atoms with Gasteiger partial charge in [-0.3, -0.25) is 4.98 Å². The van der Waals surface area contributed by atoms with Gasteiger partial charge in [0, 0.05) is 31.8 Å². The Kier molecular flexibility index (Phi) is 4.87. The Bertz CT molecular complexity index is 615. The molecule has 0 bridgehead atoms. The molecule has 0 saturated heterocycles. The van der Waals surface area contributed by atoms with Crippen LogP contribution in [0.2, 0.25) is 0 Å². The molecule has 0 aliphatic carbocycles. The Morgan fingerprint density at radius 3 is 2.80 bits per heavy atom. The first kappa shape index (κ1) is 14.7. The molecule has 0 amide bonds. The van der Waals surface area contributed by atoms with Crippen LogP contribution in [-0.2, 0) is 4.74 Å². The number of rotatable bonds is 6. The molecule has 0 saturated carbocycles. The van der Waals surface area contributed by atoms with Gasteiger partial charge in [-0.2, -0.15) is 0 Å². The number of thiocarbonyl (C=S) groups is 1. The number of methoxy groups -OCH3 is 1. The van der Waals surface area contributed by atoms with Crippen molar-refractivity contribution < 1.29 is 4.74 Å². The Hall–Kier alpha value is -1.72. The van der Waals surface area contributed by atoms with Crippen LogP contribution in [0.15, 0.2) is 30.5 Å². The maximum absolute atomic E-state index is 5.86. The van der Waals surface area contributed by atoms with Gasteiger partial charge in [0.05, 0.1) is 23.4 Å². The zero-order chi connectivity index (χ0) is 14.5. The second kappa shape index (κ2) is 6.63. The summed E-state index contributed by atoms with van der Waals surface area (Å²) in [6.07, 6.45) is 1.76. The van der Waals surface area contributed by atoms with Gasteiger partial charge in [-0.25, -0.2) is 0 Å². The highest BCUT2D eigenvalue weighted by Crippen LogP contribution is 2.29. The minimum atomic E-state index is 0.370. The summed E-state index contributed by atoms with van der Waals surface area (Å²) in [5.74, 6) is 0. The molecule has 1 aromatic heterocycles. The predicted molar refractivity (Wildman–Crippen MR) is 87.4 cm³/mol. The number of pyridine rings is 1. The van der Waals surface area contributed by atoms with Crippen LogP contribution in [0.3, 0.4) is 0 Å². The van der Waals surface area contributed by atoms with Crippen LogP contribution in [-0.4, -0.2) is 36.8 Å². The minimum Gasteiger partial charge on any atom is -0.389 e. The molecule has 4 nitrogen and oxygen atoms in total. The molecule has 0 aliphatic heterocycles. The lowest BCUT2D eigenvalue weighted by molar-refractivity contribution is 0.205. The van der Waals surface area contributed by atoms with Crippen molar-refractivity contribution in [2.24, 2.45) is 5.73 Å². The first-order valence-electron chi connectivity index (χ1n) is 6.60. The molecule has 20 heavy (non-hydrogen) atoms. The number of ether oxygens (including phenoxy) is 1. The molecule has 0 radical (unpaired) electrons. The third kappa shape index (κ3) is 2.89. The number of nitrogens with zero attached hydrogens (tertiary/aromatic N) is 2. The second-order valence-electron chi connectivity index (χ2n) is 4.47. The number of benzene rings is 1. The van der Waals surface area contributed by atoms with Gasteiger partial charge in [0.1, 0.15) is 4.99 Å². The van der Waals surface area contributed by atoms with E-state index in [0.717, 1.165) is 35.2 Å². The molecular weight excluding hydrogens is 270 g/mol. The van der Waals surface area contributed by atoms with Crippen molar-refractivity contribution >= 4 is 33.8 Å². The summed E-state index contributed by atoms with van der Waals surface area (Å²) in [5.41, 5.74) is 8.66. The topological polar surface area (TPSA) is 51.4 Å². The Labute approximate surface area is 124 Å². The summed E-state index contributed by atoms with van der Waals surface area (Å²) >= 11 is 5.17. The third-order valence-corrected chi connectivity index (χ3v) is 3.50. The van der Waals surface area contributed by atoms with Gasteiger partial charge in [0.15, 0.2) is 0 Å². The standard InChI is InChI=1S/C15H19N3OS/c1-3-18(8-9-19-2)14-11-6-4-5-7-13(11)17-10-12(14)15(16)20/h4-7,10H,3,8-9H2,1-2H3,(H2,16,20). The number of anilines is 1. The van der Waals surface area contributed by atoms with Gasteiger partial charge in [-0.15, -0.1) is 0 Å². The van der Waals surface area contributed by atoms with E-state index < -0.39 is 0 Å². The van der Waals surface area contributed by atoms with E-state index in [1.54, 1.807) is 13.3 Å². The van der Waals surface area contributed by atoms with Gasteiger partial charge in [-0.05, 0) is 13.0 Å². The molecule has 1 aromatic carbocycles. The highest BCUT2D eigenvalue weighted by atomic mass is 32.1. The number of para-hydroxylation sites is 1. The van der Waals surface area contributed by atoms with Crippen LogP contribution in [0.4, 0.5) is 5.69 Å². The number of hydrogen-bond acceptors (Lipinski definition) is 4. The van der Waals surface area contributed by atoms with E-state index in [1.807, 2.05) is 18.2 Å². The summed E-state index contributed by atoms with van der Waals surface area (Å²) < 4.78 is 5.19. The first-order valence-corrected chi connectivity index (χ1v) is 7.01. The Morgan fingerprint density at radius 1 is 1.40 bits per heavy atom. The predicted octanol–water partition coefficient (Wildman–Crippen LogP) is 2.34. The summed E-state index contributed by atoms with van der Waals surface area (Å²) in [6, 6.07) is 8.02. The lowest BCUT2D eigenvalue weighted by atomic mass is 10.1. The Balaban J connectivity index is 2.61. The molecule has 2 N–H and O–H groups in total. The molecule has 106 valence electrons. The fourth-order valence-corrected chi connectivity index (χ4v) is 2.43. The van der Waals surface area contributed by atoms with Gasteiger partial charge < -0.3 is 15.4 Å². The van der Waals surface area contributed by atoms with Crippen molar-refractivity contribution in [1.29, 1.82) is 0 Å². The van der Waals surface area contributed by atoms with E-state index in [-0.39, 0.29) is 0 Å². The number of likely N-dealkylation sites (N-methyl/N-ethyl adjacent to an activating group) is 1. The summed E-state index contributed by atoms with van der Waals surface area (Å²) in [5, 5.41) is 1.07. The maximum atomic E-state index is 5.86. The Morgan fingerprint density at radius 2 is 2.15 bits per heavy atom. The zero-order valence-corrected chi connectivity index (χ0v) is 12.6. The molecule has 0 fully saturated rings. The van der Waals surface area contributed by atoms with Crippen molar-refractivity contribution in [1.82, 2.24) is 4.98 Å². The number of hydrogen-bond donors (Lipinski definition) is 1. The van der Waals surface area contributed by atoms with Crippen molar-refractivity contribution in [3.63, 3.8) is 0 Å². The molecular formula is C15H19N3OS. The smallest absolute Gasteiger partial charge is 0.107 e. The van der Waals surface area contributed by atoms with Gasteiger partial charge in [0.2, 0.25) is 0 Å². The van der Waals surface area contributed by atoms with Gasteiger partial charge in [0.25, 0.3) is 0 Å². The van der Waals surface area contributed by atoms with Crippen LogP contribution >= 0.6 is 12.2 Å². The van der Waals surface area contributed by atoms with Crippen LogP contribution in [0.25, 0.3) is 10.9 Å². The van der Waals surface area contributed by atoms with Crippen LogP contribution in [0.5, 0.6) is 0 Å². The fraction of sp³-hybridized carbons (Fsp3) is 0.333. The van der Waals surface area contributed by atoms with E-state index in [4.69, 9.17) is 22.7 Å². The van der Waals surface area contributed by atoms with Crippen LogP contribution in [0, 0.1) is 0 Å². The van der Waals surface area contributed by atoms with Crippen molar-refractivity contribution in [2.45, 2.75) is 6.92 Å². The zero-order valence-electron chi connectivity index (χ0n) is 11.8. The molecule has 0 atom stereocenters.